The first-order chi connectivity index (χ1) is 8.59. The highest BCUT2D eigenvalue weighted by molar-refractivity contribution is 5.83. The topological polar surface area (TPSA) is 32.3 Å². The number of carbonyl (C=O) groups is 1. The summed E-state index contributed by atoms with van der Waals surface area (Å²) in [4.78, 5) is 14.5. The summed E-state index contributed by atoms with van der Waals surface area (Å²) >= 11 is 0. The van der Waals surface area contributed by atoms with Crippen LogP contribution in [0.4, 0.5) is 0 Å². The monoisotopic (exact) mass is 246 g/mol. The summed E-state index contributed by atoms with van der Waals surface area (Å²) in [5, 5.41) is 3.31. The van der Waals surface area contributed by atoms with Gasteiger partial charge in [0.25, 0.3) is 0 Å². The summed E-state index contributed by atoms with van der Waals surface area (Å²) in [6, 6.07) is 8.53. The molecule has 1 fully saturated rings. The zero-order valence-corrected chi connectivity index (χ0v) is 11.4. The summed E-state index contributed by atoms with van der Waals surface area (Å²) in [6.45, 7) is 8.78. The molecule has 3 heteroatoms. The molecule has 1 heterocycles. The van der Waals surface area contributed by atoms with E-state index in [-0.39, 0.29) is 11.8 Å². The fraction of sp³-hybridized carbons (Fsp3) is 0.533. The van der Waals surface area contributed by atoms with Crippen LogP contribution < -0.4 is 5.32 Å². The molecule has 1 N–H and O–H groups in total. The molecule has 0 bridgehead atoms. The molecule has 0 aromatic heterocycles. The third-order valence-electron chi connectivity index (χ3n) is 3.70. The maximum absolute atomic E-state index is 12.5. The number of nitrogens with zero attached hydrogens (tertiary/aromatic N) is 1. The van der Waals surface area contributed by atoms with Crippen molar-refractivity contribution in [1.29, 1.82) is 0 Å². The Labute approximate surface area is 109 Å². The third-order valence-corrected chi connectivity index (χ3v) is 3.70. The Morgan fingerprint density at radius 2 is 2.28 bits per heavy atom. The molecule has 0 spiro atoms. The van der Waals surface area contributed by atoms with E-state index in [1.54, 1.807) is 0 Å². The minimum Gasteiger partial charge on any atom is -0.337 e. The van der Waals surface area contributed by atoms with E-state index in [9.17, 15) is 4.79 Å². The van der Waals surface area contributed by atoms with Crippen LogP contribution in [-0.4, -0.2) is 36.5 Å². The number of hydrogen-bond acceptors (Lipinski definition) is 2. The molecule has 18 heavy (non-hydrogen) atoms. The van der Waals surface area contributed by atoms with Gasteiger partial charge in [0.15, 0.2) is 0 Å². The SMILES string of the molecule is Cc1cccc(C(C)C(=O)N2CCNC[C@@H]2C)c1. The Hall–Kier alpha value is -1.35. The van der Waals surface area contributed by atoms with E-state index in [1.165, 1.54) is 5.56 Å². The minimum atomic E-state index is -0.0505. The molecule has 1 aliphatic heterocycles. The van der Waals surface area contributed by atoms with Crippen LogP contribution in [-0.2, 0) is 4.79 Å². The van der Waals surface area contributed by atoms with Crippen molar-refractivity contribution in [2.45, 2.75) is 32.7 Å². The van der Waals surface area contributed by atoms with Crippen LogP contribution in [0.3, 0.4) is 0 Å². The second-order valence-corrected chi connectivity index (χ2v) is 5.22. The van der Waals surface area contributed by atoms with E-state index in [0.29, 0.717) is 6.04 Å². The van der Waals surface area contributed by atoms with Crippen LogP contribution >= 0.6 is 0 Å². The number of benzene rings is 1. The molecule has 1 saturated heterocycles. The maximum atomic E-state index is 12.5. The molecule has 2 atom stereocenters. The smallest absolute Gasteiger partial charge is 0.230 e. The molecule has 3 nitrogen and oxygen atoms in total. The number of rotatable bonds is 2. The zero-order chi connectivity index (χ0) is 13.1. The number of hydrogen-bond donors (Lipinski definition) is 1. The predicted octanol–water partition coefficient (Wildman–Crippen LogP) is 1.92. The van der Waals surface area contributed by atoms with Gasteiger partial charge in [-0.15, -0.1) is 0 Å². The van der Waals surface area contributed by atoms with Gasteiger partial charge in [-0.05, 0) is 26.3 Å². The van der Waals surface area contributed by atoms with E-state index in [4.69, 9.17) is 0 Å². The maximum Gasteiger partial charge on any atom is 0.230 e. The van der Waals surface area contributed by atoms with Gasteiger partial charge in [0.1, 0.15) is 0 Å². The van der Waals surface area contributed by atoms with E-state index in [2.05, 4.69) is 31.3 Å². The Kier molecular flexibility index (Phi) is 4.02. The Bertz CT molecular complexity index is 430. The molecule has 0 saturated carbocycles. The lowest BCUT2D eigenvalue weighted by molar-refractivity contribution is -0.135. The first kappa shape index (κ1) is 13.1. The Morgan fingerprint density at radius 1 is 1.50 bits per heavy atom. The summed E-state index contributed by atoms with van der Waals surface area (Å²) < 4.78 is 0. The van der Waals surface area contributed by atoms with Crippen molar-refractivity contribution in [2.75, 3.05) is 19.6 Å². The van der Waals surface area contributed by atoms with Gasteiger partial charge >= 0.3 is 0 Å². The minimum absolute atomic E-state index is 0.0505. The molecular formula is C15H22N2O. The molecule has 1 aromatic rings. The van der Waals surface area contributed by atoms with Gasteiger partial charge in [-0.1, -0.05) is 29.8 Å². The summed E-state index contributed by atoms with van der Waals surface area (Å²) in [7, 11) is 0. The van der Waals surface area contributed by atoms with Crippen LogP contribution in [0.1, 0.15) is 30.9 Å². The Balaban J connectivity index is 2.13. The van der Waals surface area contributed by atoms with Gasteiger partial charge in [0.2, 0.25) is 5.91 Å². The summed E-state index contributed by atoms with van der Waals surface area (Å²) in [5.41, 5.74) is 2.33. The standard InChI is InChI=1S/C15H22N2O/c1-11-5-4-6-14(9-11)13(3)15(18)17-8-7-16-10-12(17)2/h4-6,9,12-13,16H,7-8,10H2,1-3H3/t12-,13?/m0/s1. The van der Waals surface area contributed by atoms with E-state index < -0.39 is 0 Å². The first-order valence-electron chi connectivity index (χ1n) is 6.67. The van der Waals surface area contributed by atoms with Gasteiger partial charge in [0, 0.05) is 25.7 Å². The van der Waals surface area contributed by atoms with Gasteiger partial charge < -0.3 is 10.2 Å². The third kappa shape index (κ3) is 2.72. The van der Waals surface area contributed by atoms with Crippen LogP contribution in [0.2, 0.25) is 0 Å². The van der Waals surface area contributed by atoms with Crippen molar-refractivity contribution in [3.8, 4) is 0 Å². The number of carbonyl (C=O) groups excluding carboxylic acids is 1. The predicted molar refractivity (Wildman–Crippen MR) is 73.6 cm³/mol. The normalized spacial score (nSPS) is 21.7. The highest BCUT2D eigenvalue weighted by Crippen LogP contribution is 2.20. The van der Waals surface area contributed by atoms with Crippen LogP contribution in [0.15, 0.2) is 24.3 Å². The first-order valence-corrected chi connectivity index (χ1v) is 6.67. The molecule has 0 radical (unpaired) electrons. The number of nitrogens with one attached hydrogen (secondary N) is 1. The lowest BCUT2D eigenvalue weighted by Crippen LogP contribution is -2.53. The quantitative estimate of drug-likeness (QED) is 0.864. The van der Waals surface area contributed by atoms with E-state index in [1.807, 2.05) is 24.0 Å². The molecule has 98 valence electrons. The lowest BCUT2D eigenvalue weighted by Gasteiger charge is -2.35. The van der Waals surface area contributed by atoms with Gasteiger partial charge in [-0.2, -0.15) is 0 Å². The van der Waals surface area contributed by atoms with Crippen molar-refractivity contribution in [2.24, 2.45) is 0 Å². The number of amides is 1. The molecule has 1 aromatic carbocycles. The van der Waals surface area contributed by atoms with Gasteiger partial charge in [0.05, 0.1) is 5.92 Å². The molecule has 0 aliphatic carbocycles. The van der Waals surface area contributed by atoms with Crippen LogP contribution in [0.5, 0.6) is 0 Å². The van der Waals surface area contributed by atoms with E-state index in [0.717, 1.165) is 25.2 Å². The molecule has 1 amide bonds. The van der Waals surface area contributed by atoms with Crippen molar-refractivity contribution in [3.63, 3.8) is 0 Å². The lowest BCUT2D eigenvalue weighted by atomic mass is 9.97. The number of piperazine rings is 1. The highest BCUT2D eigenvalue weighted by Gasteiger charge is 2.27. The largest absolute Gasteiger partial charge is 0.337 e. The number of aryl methyl sites for hydroxylation is 1. The molecular weight excluding hydrogens is 224 g/mol. The fourth-order valence-electron chi connectivity index (χ4n) is 2.50. The molecule has 1 aliphatic rings. The van der Waals surface area contributed by atoms with Gasteiger partial charge in [-0.25, -0.2) is 0 Å². The summed E-state index contributed by atoms with van der Waals surface area (Å²) in [6.07, 6.45) is 0. The van der Waals surface area contributed by atoms with Crippen LogP contribution in [0.25, 0.3) is 0 Å². The summed E-state index contributed by atoms with van der Waals surface area (Å²) in [5.74, 6) is 0.194. The fourth-order valence-corrected chi connectivity index (χ4v) is 2.50. The average Bonchev–Trinajstić information content (AvgIpc) is 2.37. The second kappa shape index (κ2) is 5.53. The van der Waals surface area contributed by atoms with Crippen molar-refractivity contribution < 1.29 is 4.79 Å². The van der Waals surface area contributed by atoms with Crippen molar-refractivity contribution in [1.82, 2.24) is 10.2 Å². The second-order valence-electron chi connectivity index (χ2n) is 5.22. The van der Waals surface area contributed by atoms with Crippen molar-refractivity contribution >= 4 is 5.91 Å². The molecule has 1 unspecified atom stereocenters. The average molecular weight is 246 g/mol. The van der Waals surface area contributed by atoms with Crippen molar-refractivity contribution in [3.05, 3.63) is 35.4 Å². The zero-order valence-electron chi connectivity index (χ0n) is 11.4. The van der Waals surface area contributed by atoms with E-state index >= 15 is 0 Å². The van der Waals surface area contributed by atoms with Gasteiger partial charge in [-0.3, -0.25) is 4.79 Å². The van der Waals surface area contributed by atoms with Crippen LogP contribution in [0, 0.1) is 6.92 Å². The highest BCUT2D eigenvalue weighted by atomic mass is 16.2. The Morgan fingerprint density at radius 3 is 2.94 bits per heavy atom. The molecule has 2 rings (SSSR count).